The van der Waals surface area contributed by atoms with Crippen molar-refractivity contribution in [1.29, 1.82) is 0 Å². The summed E-state index contributed by atoms with van der Waals surface area (Å²) >= 11 is 0. The Morgan fingerprint density at radius 2 is 1.59 bits per heavy atom. The lowest BCUT2D eigenvalue weighted by Gasteiger charge is -1.95. The first kappa shape index (κ1) is 15.1. The average Bonchev–Trinajstić information content (AvgIpc) is 2.33. The molecule has 0 unspecified atom stereocenters. The molecule has 0 heterocycles. The third-order valence-electron chi connectivity index (χ3n) is 2.04. The second kappa shape index (κ2) is 9.34. The van der Waals surface area contributed by atoms with Crippen molar-refractivity contribution in [1.82, 2.24) is 0 Å². The Labute approximate surface area is 104 Å². The molecule has 17 heavy (non-hydrogen) atoms. The van der Waals surface area contributed by atoms with Crippen LogP contribution in [0.5, 0.6) is 0 Å². The molecule has 0 spiro atoms. The van der Waals surface area contributed by atoms with E-state index in [0.29, 0.717) is 5.57 Å². The van der Waals surface area contributed by atoms with Crippen molar-refractivity contribution in [2.24, 2.45) is 0 Å². The van der Waals surface area contributed by atoms with Crippen molar-refractivity contribution >= 4 is 5.78 Å². The van der Waals surface area contributed by atoms with Gasteiger partial charge in [0, 0.05) is 5.57 Å². The molecule has 0 amide bonds. The normalized spacial score (nSPS) is 14.1. The maximum atomic E-state index is 11.8. The summed E-state index contributed by atoms with van der Waals surface area (Å²) in [5.74, 6) is 0.00469. The monoisotopic (exact) mass is 228 g/mol. The molecular formula is C16H20O. The molecule has 0 saturated heterocycles. The van der Waals surface area contributed by atoms with Crippen LogP contribution < -0.4 is 0 Å². The quantitative estimate of drug-likeness (QED) is 0.488. The summed E-state index contributed by atoms with van der Waals surface area (Å²) in [6, 6.07) is 0. The molecule has 1 nitrogen and oxygen atoms in total. The molecule has 0 aliphatic heterocycles. The summed E-state index contributed by atoms with van der Waals surface area (Å²) in [5, 5.41) is 0. The first-order valence-electron chi connectivity index (χ1n) is 5.66. The summed E-state index contributed by atoms with van der Waals surface area (Å²) in [7, 11) is 0. The zero-order chi connectivity index (χ0) is 13.1. The number of carbonyl (C=O) groups excluding carboxylic acids is 1. The van der Waals surface area contributed by atoms with Crippen LogP contribution in [0.15, 0.2) is 72.4 Å². The van der Waals surface area contributed by atoms with Crippen LogP contribution in [0.4, 0.5) is 0 Å². The molecule has 0 saturated carbocycles. The van der Waals surface area contributed by atoms with Crippen LogP contribution >= 0.6 is 0 Å². The second-order valence-corrected chi connectivity index (χ2v) is 3.34. The third-order valence-corrected chi connectivity index (χ3v) is 2.04. The van der Waals surface area contributed by atoms with Gasteiger partial charge in [-0.05, 0) is 32.4 Å². The lowest BCUT2D eigenvalue weighted by Crippen LogP contribution is -1.95. The molecule has 90 valence electrons. The molecule has 0 aliphatic rings. The zero-order valence-electron chi connectivity index (χ0n) is 10.8. The molecule has 0 bridgehead atoms. The molecular weight excluding hydrogens is 208 g/mol. The van der Waals surface area contributed by atoms with Gasteiger partial charge in [0.25, 0.3) is 0 Å². The molecule has 0 rings (SSSR count). The number of carbonyl (C=O) groups is 1. The van der Waals surface area contributed by atoms with Crippen LogP contribution in [-0.2, 0) is 4.79 Å². The van der Waals surface area contributed by atoms with Crippen LogP contribution in [0.25, 0.3) is 0 Å². The van der Waals surface area contributed by atoms with E-state index in [2.05, 4.69) is 6.58 Å². The Bertz CT molecular complexity index is 401. The van der Waals surface area contributed by atoms with Crippen molar-refractivity contribution in [3.63, 3.8) is 0 Å². The highest BCUT2D eigenvalue weighted by atomic mass is 16.1. The lowest BCUT2D eigenvalue weighted by molar-refractivity contribution is -0.111. The number of hydrogen-bond acceptors (Lipinski definition) is 1. The van der Waals surface area contributed by atoms with Crippen LogP contribution in [0, 0.1) is 0 Å². The van der Waals surface area contributed by atoms with E-state index < -0.39 is 0 Å². The van der Waals surface area contributed by atoms with E-state index in [1.54, 1.807) is 30.4 Å². The predicted molar refractivity (Wildman–Crippen MR) is 75.8 cm³/mol. The summed E-state index contributed by atoms with van der Waals surface area (Å²) in [4.78, 5) is 11.8. The van der Waals surface area contributed by atoms with Gasteiger partial charge in [-0.3, -0.25) is 4.79 Å². The highest BCUT2D eigenvalue weighted by Crippen LogP contribution is 2.04. The zero-order valence-corrected chi connectivity index (χ0v) is 10.8. The molecule has 0 aromatic rings. The van der Waals surface area contributed by atoms with Crippen molar-refractivity contribution in [3.05, 3.63) is 72.4 Å². The first-order valence-corrected chi connectivity index (χ1v) is 5.66. The molecule has 1 heteroatoms. The molecule has 0 N–H and O–H groups in total. The minimum Gasteiger partial charge on any atom is -0.289 e. The minimum absolute atomic E-state index is 0.00469. The highest BCUT2D eigenvalue weighted by Gasteiger charge is 1.99. The lowest BCUT2D eigenvalue weighted by atomic mass is 10.1. The van der Waals surface area contributed by atoms with Crippen molar-refractivity contribution in [3.8, 4) is 0 Å². The Kier molecular flexibility index (Phi) is 8.31. The molecule has 0 aromatic carbocycles. The van der Waals surface area contributed by atoms with E-state index in [9.17, 15) is 4.79 Å². The van der Waals surface area contributed by atoms with Gasteiger partial charge in [-0.1, -0.05) is 55.2 Å². The Morgan fingerprint density at radius 3 is 2.06 bits per heavy atom. The molecule has 0 fully saturated rings. The van der Waals surface area contributed by atoms with Gasteiger partial charge >= 0.3 is 0 Å². The number of allylic oxidation sites excluding steroid dienone is 11. The summed E-state index contributed by atoms with van der Waals surface area (Å²) in [5.41, 5.74) is 1.65. The number of rotatable bonds is 6. The van der Waals surface area contributed by atoms with Gasteiger partial charge < -0.3 is 0 Å². The molecule has 0 atom stereocenters. The highest BCUT2D eigenvalue weighted by molar-refractivity contribution is 6.06. The van der Waals surface area contributed by atoms with E-state index in [0.717, 1.165) is 5.57 Å². The maximum absolute atomic E-state index is 11.8. The fourth-order valence-electron chi connectivity index (χ4n) is 1.26. The van der Waals surface area contributed by atoms with Crippen LogP contribution in [0.3, 0.4) is 0 Å². The standard InChI is InChI=1S/C16H20O/c1-5-9-14(10-6-2)12-13-16(17)15(8-4)11-7-3/h5-13H,1H2,2-4H3/b10-6-,11-7-,13-12+,14-9+,15-8+. The van der Waals surface area contributed by atoms with Gasteiger partial charge in [-0.25, -0.2) is 0 Å². The van der Waals surface area contributed by atoms with Crippen molar-refractivity contribution in [2.75, 3.05) is 0 Å². The second-order valence-electron chi connectivity index (χ2n) is 3.34. The van der Waals surface area contributed by atoms with Gasteiger partial charge in [-0.2, -0.15) is 0 Å². The molecule has 0 aromatic heterocycles. The van der Waals surface area contributed by atoms with Crippen LogP contribution in [0.2, 0.25) is 0 Å². The number of hydrogen-bond donors (Lipinski definition) is 0. The molecule has 0 radical (unpaired) electrons. The van der Waals surface area contributed by atoms with E-state index in [-0.39, 0.29) is 5.78 Å². The van der Waals surface area contributed by atoms with Gasteiger partial charge in [-0.15, -0.1) is 0 Å². The fraction of sp³-hybridized carbons (Fsp3) is 0.188. The Morgan fingerprint density at radius 1 is 0.941 bits per heavy atom. The summed E-state index contributed by atoms with van der Waals surface area (Å²) < 4.78 is 0. The summed E-state index contributed by atoms with van der Waals surface area (Å²) in [6.45, 7) is 9.32. The van der Waals surface area contributed by atoms with Gasteiger partial charge in [0.1, 0.15) is 0 Å². The summed E-state index contributed by atoms with van der Waals surface area (Å²) in [6.07, 6.45) is 16.2. The topological polar surface area (TPSA) is 17.1 Å². The largest absolute Gasteiger partial charge is 0.289 e. The Hall–Kier alpha value is -1.89. The van der Waals surface area contributed by atoms with E-state index in [4.69, 9.17) is 0 Å². The van der Waals surface area contributed by atoms with Crippen molar-refractivity contribution in [2.45, 2.75) is 20.8 Å². The van der Waals surface area contributed by atoms with Gasteiger partial charge in [0.2, 0.25) is 0 Å². The van der Waals surface area contributed by atoms with E-state index >= 15 is 0 Å². The average molecular weight is 228 g/mol. The maximum Gasteiger partial charge on any atom is 0.185 e. The fourth-order valence-corrected chi connectivity index (χ4v) is 1.26. The SMILES string of the molecule is C=C/C=C(\C=C/C)/C=C/C(=O)C(/C=C\C)=C/C. The van der Waals surface area contributed by atoms with E-state index in [1.165, 1.54) is 0 Å². The predicted octanol–water partition coefficient (Wildman–Crippen LogP) is 4.32. The minimum atomic E-state index is 0.00469. The van der Waals surface area contributed by atoms with Gasteiger partial charge in [0.15, 0.2) is 5.78 Å². The first-order chi connectivity index (χ1) is 8.19. The third kappa shape index (κ3) is 6.31. The Balaban J connectivity index is 4.87. The van der Waals surface area contributed by atoms with Gasteiger partial charge in [0.05, 0.1) is 0 Å². The van der Waals surface area contributed by atoms with E-state index in [1.807, 2.05) is 45.1 Å². The van der Waals surface area contributed by atoms with Crippen molar-refractivity contribution < 1.29 is 4.79 Å². The van der Waals surface area contributed by atoms with Crippen LogP contribution in [-0.4, -0.2) is 5.78 Å². The molecule has 0 aliphatic carbocycles. The van der Waals surface area contributed by atoms with Crippen LogP contribution in [0.1, 0.15) is 20.8 Å². The smallest absolute Gasteiger partial charge is 0.185 e. The number of ketones is 1.